The van der Waals surface area contributed by atoms with Crippen molar-refractivity contribution in [2.24, 2.45) is 0 Å². The number of rotatable bonds is 4. The van der Waals surface area contributed by atoms with Crippen LogP contribution in [0.2, 0.25) is 0 Å². The van der Waals surface area contributed by atoms with Crippen molar-refractivity contribution in [3.8, 4) is 0 Å². The highest BCUT2D eigenvalue weighted by molar-refractivity contribution is 6.34. The van der Waals surface area contributed by atoms with Crippen LogP contribution in [0, 0.1) is 0 Å². The van der Waals surface area contributed by atoms with Gasteiger partial charge >= 0.3 is 5.97 Å². The van der Waals surface area contributed by atoms with Crippen LogP contribution >= 0.6 is 11.6 Å². The number of halogens is 1. The Morgan fingerprint density at radius 1 is 1.41 bits per heavy atom. The average Bonchev–Trinajstić information content (AvgIpc) is 2.26. The number of carboxylic acid groups (broad SMARTS) is 1. The average molecular weight is 258 g/mol. The van der Waals surface area contributed by atoms with Crippen LogP contribution in [0.25, 0.3) is 0 Å². The number of hydrogen-bond donors (Lipinski definition) is 3. The summed E-state index contributed by atoms with van der Waals surface area (Å²) in [6, 6.07) is 3.95. The second-order valence-electron chi connectivity index (χ2n) is 3.57. The van der Waals surface area contributed by atoms with E-state index < -0.39 is 17.5 Å². The van der Waals surface area contributed by atoms with Crippen LogP contribution in [-0.4, -0.2) is 27.3 Å². The van der Waals surface area contributed by atoms with Gasteiger partial charge in [-0.15, -0.1) is 11.6 Å². The predicted octanol–water partition coefficient (Wildman–Crippen LogP) is 1.20. The molecule has 0 amide bonds. The first-order valence-corrected chi connectivity index (χ1v) is 5.26. The van der Waals surface area contributed by atoms with E-state index in [4.69, 9.17) is 22.4 Å². The maximum absolute atomic E-state index is 11.6. The van der Waals surface area contributed by atoms with E-state index >= 15 is 0 Å². The number of ketones is 1. The largest absolute Gasteiger partial charge is 0.479 e. The molecule has 4 N–H and O–H groups in total. The molecule has 92 valence electrons. The number of carbonyl (C=O) groups is 2. The Labute approximate surface area is 103 Å². The summed E-state index contributed by atoms with van der Waals surface area (Å²) >= 11 is 5.64. The number of carboxylic acids is 1. The minimum Gasteiger partial charge on any atom is -0.479 e. The first-order chi connectivity index (χ1) is 7.84. The zero-order valence-electron chi connectivity index (χ0n) is 9.05. The lowest BCUT2D eigenvalue weighted by Gasteiger charge is -2.10. The summed E-state index contributed by atoms with van der Waals surface area (Å²) in [5.74, 6) is -1.73. The van der Waals surface area contributed by atoms with Gasteiger partial charge < -0.3 is 15.9 Å². The van der Waals surface area contributed by atoms with Crippen LogP contribution in [0.1, 0.15) is 28.9 Å². The van der Waals surface area contributed by atoms with Crippen molar-refractivity contribution >= 4 is 29.0 Å². The first kappa shape index (κ1) is 13.5. The molecule has 2 unspecified atom stereocenters. The monoisotopic (exact) mass is 257 g/mol. The van der Waals surface area contributed by atoms with Crippen molar-refractivity contribution in [2.45, 2.75) is 18.4 Å². The van der Waals surface area contributed by atoms with Crippen LogP contribution in [0.4, 0.5) is 5.69 Å². The molecule has 0 saturated carbocycles. The van der Waals surface area contributed by atoms with Gasteiger partial charge in [-0.2, -0.15) is 0 Å². The molecule has 0 aliphatic rings. The minimum atomic E-state index is -1.66. The number of anilines is 1. The molecule has 1 rings (SSSR count). The van der Waals surface area contributed by atoms with E-state index in [0.29, 0.717) is 0 Å². The van der Waals surface area contributed by atoms with Crippen LogP contribution in [-0.2, 0) is 4.79 Å². The Bertz CT molecular complexity index is 459. The summed E-state index contributed by atoms with van der Waals surface area (Å²) in [5.41, 5.74) is 6.05. The molecule has 0 radical (unpaired) electrons. The summed E-state index contributed by atoms with van der Waals surface area (Å²) in [7, 11) is 0. The lowest BCUT2D eigenvalue weighted by molar-refractivity contribution is -0.146. The van der Waals surface area contributed by atoms with Crippen molar-refractivity contribution in [2.75, 3.05) is 5.73 Å². The van der Waals surface area contributed by atoms with Gasteiger partial charge in [0.1, 0.15) is 0 Å². The highest BCUT2D eigenvalue weighted by atomic mass is 35.5. The van der Waals surface area contributed by atoms with E-state index in [1.165, 1.54) is 25.1 Å². The Morgan fingerprint density at radius 3 is 2.41 bits per heavy atom. The molecule has 17 heavy (non-hydrogen) atoms. The van der Waals surface area contributed by atoms with Gasteiger partial charge in [0, 0.05) is 11.3 Å². The van der Waals surface area contributed by atoms with Gasteiger partial charge in [0.05, 0.1) is 5.38 Å². The topological polar surface area (TPSA) is 101 Å². The van der Waals surface area contributed by atoms with Gasteiger partial charge in [0.2, 0.25) is 0 Å². The van der Waals surface area contributed by atoms with E-state index in [2.05, 4.69) is 0 Å². The van der Waals surface area contributed by atoms with Gasteiger partial charge in [0.15, 0.2) is 11.9 Å². The number of Topliss-reactive ketones (excluding diaryl/α,β-unsaturated/α-hetero) is 1. The molecule has 0 aromatic heterocycles. The second-order valence-corrected chi connectivity index (χ2v) is 4.22. The number of alkyl halides is 1. The predicted molar refractivity (Wildman–Crippen MR) is 63.1 cm³/mol. The quantitative estimate of drug-likeness (QED) is 0.427. The van der Waals surface area contributed by atoms with E-state index in [1.807, 2.05) is 0 Å². The molecule has 0 spiro atoms. The van der Waals surface area contributed by atoms with Crippen LogP contribution in [0.3, 0.4) is 0 Å². The van der Waals surface area contributed by atoms with E-state index in [1.54, 1.807) is 0 Å². The van der Waals surface area contributed by atoms with E-state index in [9.17, 15) is 14.7 Å². The molecule has 2 atom stereocenters. The maximum atomic E-state index is 11.6. The summed E-state index contributed by atoms with van der Waals surface area (Å²) in [6.45, 7) is 1.52. The first-order valence-electron chi connectivity index (χ1n) is 4.83. The molecule has 0 fully saturated rings. The summed E-state index contributed by atoms with van der Waals surface area (Å²) in [5, 5.41) is 17.2. The second kappa shape index (κ2) is 5.16. The Kier molecular flexibility index (Phi) is 4.09. The molecule has 5 nitrogen and oxygen atoms in total. The number of hydrogen-bond acceptors (Lipinski definition) is 4. The third-order valence-electron chi connectivity index (χ3n) is 2.25. The van der Waals surface area contributed by atoms with Crippen LogP contribution < -0.4 is 5.73 Å². The fraction of sp³-hybridized carbons (Fsp3) is 0.273. The van der Waals surface area contributed by atoms with Crippen molar-refractivity contribution < 1.29 is 19.8 Å². The number of aliphatic hydroxyl groups is 1. The van der Waals surface area contributed by atoms with E-state index in [0.717, 1.165) is 0 Å². The summed E-state index contributed by atoms with van der Waals surface area (Å²) < 4.78 is 0. The van der Waals surface area contributed by atoms with Gasteiger partial charge in [-0.05, 0) is 24.6 Å². The lowest BCUT2D eigenvalue weighted by Crippen LogP contribution is -2.15. The van der Waals surface area contributed by atoms with E-state index in [-0.39, 0.29) is 22.6 Å². The third-order valence-corrected chi connectivity index (χ3v) is 2.45. The molecule has 1 aromatic rings. The molecule has 1 aromatic carbocycles. The third kappa shape index (κ3) is 2.95. The molecule has 0 aliphatic heterocycles. The molecular formula is C11H12ClNO4. The fourth-order valence-corrected chi connectivity index (χ4v) is 1.45. The molecule has 0 saturated heterocycles. The standard InChI is InChI=1S/C11H12ClNO4/c1-5(12)9(14)7-3-2-6(4-8(7)13)10(15)11(16)17/h2-5,10,15H,13H2,1H3,(H,16,17). The van der Waals surface area contributed by atoms with Gasteiger partial charge in [0.25, 0.3) is 0 Å². The summed E-state index contributed by atoms with van der Waals surface area (Å²) in [4.78, 5) is 22.1. The van der Waals surface area contributed by atoms with Crippen molar-refractivity contribution in [3.05, 3.63) is 29.3 Å². The van der Waals surface area contributed by atoms with Gasteiger partial charge in [-0.1, -0.05) is 6.07 Å². The van der Waals surface area contributed by atoms with Gasteiger partial charge in [-0.25, -0.2) is 4.79 Å². The van der Waals surface area contributed by atoms with Crippen LogP contribution in [0.5, 0.6) is 0 Å². The molecule has 0 bridgehead atoms. The zero-order valence-corrected chi connectivity index (χ0v) is 9.81. The highest BCUT2D eigenvalue weighted by Crippen LogP contribution is 2.22. The number of benzene rings is 1. The molecule has 0 heterocycles. The minimum absolute atomic E-state index is 0.0975. The molecular weight excluding hydrogens is 246 g/mol. The van der Waals surface area contributed by atoms with Crippen molar-refractivity contribution in [1.29, 1.82) is 0 Å². The summed E-state index contributed by atoms with van der Waals surface area (Å²) in [6.07, 6.45) is -1.66. The Hall–Kier alpha value is -1.59. The molecule has 0 aliphatic carbocycles. The number of nitrogens with two attached hydrogens (primary N) is 1. The smallest absolute Gasteiger partial charge is 0.337 e. The number of aliphatic hydroxyl groups excluding tert-OH is 1. The normalized spacial score (nSPS) is 14.1. The number of aliphatic carboxylic acids is 1. The number of carbonyl (C=O) groups excluding carboxylic acids is 1. The zero-order chi connectivity index (χ0) is 13.2. The maximum Gasteiger partial charge on any atom is 0.337 e. The van der Waals surface area contributed by atoms with Crippen molar-refractivity contribution in [1.82, 2.24) is 0 Å². The van der Waals surface area contributed by atoms with Gasteiger partial charge in [-0.3, -0.25) is 4.79 Å². The van der Waals surface area contributed by atoms with Crippen LogP contribution in [0.15, 0.2) is 18.2 Å². The number of nitrogen functional groups attached to an aromatic ring is 1. The Balaban J connectivity index is 3.10. The SMILES string of the molecule is CC(Cl)C(=O)c1ccc(C(O)C(=O)O)cc1N. The lowest BCUT2D eigenvalue weighted by atomic mass is 10.0. The van der Waals surface area contributed by atoms with Crippen molar-refractivity contribution in [3.63, 3.8) is 0 Å². The highest BCUT2D eigenvalue weighted by Gasteiger charge is 2.20. The fourth-order valence-electron chi connectivity index (χ4n) is 1.33. The molecule has 6 heteroatoms. The Morgan fingerprint density at radius 2 is 2.00 bits per heavy atom.